The molecule has 0 spiro atoms. The van der Waals surface area contributed by atoms with Gasteiger partial charge in [-0.1, -0.05) is 0 Å². The zero-order valence-electron chi connectivity index (χ0n) is 15.7. The molecule has 3 N–H and O–H groups in total. The van der Waals surface area contributed by atoms with E-state index in [0.29, 0.717) is 32.3 Å². The zero-order chi connectivity index (χ0) is 19.4. The number of pyridine rings is 1. The van der Waals surface area contributed by atoms with Gasteiger partial charge in [0.2, 0.25) is 10.0 Å². The minimum Gasteiger partial charge on any atom is -0.379 e. The number of rotatable bonds is 11. The molecule has 10 heteroatoms. The molecule has 2 heterocycles. The van der Waals surface area contributed by atoms with Crippen molar-refractivity contribution in [3.8, 4) is 0 Å². The highest BCUT2D eigenvalue weighted by atomic mass is 32.2. The van der Waals surface area contributed by atoms with Crippen LogP contribution in [0.4, 0.5) is 0 Å². The molecule has 1 aliphatic rings. The van der Waals surface area contributed by atoms with Crippen LogP contribution in [0.25, 0.3) is 0 Å². The maximum absolute atomic E-state index is 12.1. The Bertz CT molecular complexity index is 663. The molecule has 152 valence electrons. The van der Waals surface area contributed by atoms with Crippen LogP contribution in [0.3, 0.4) is 0 Å². The number of ether oxygens (including phenoxy) is 2. The van der Waals surface area contributed by atoms with Crippen molar-refractivity contribution >= 4 is 16.0 Å². The molecule has 1 aliphatic heterocycles. The molecule has 0 radical (unpaired) electrons. The summed E-state index contributed by atoms with van der Waals surface area (Å²) >= 11 is 0. The molecule has 9 nitrogen and oxygen atoms in total. The highest BCUT2D eigenvalue weighted by molar-refractivity contribution is 7.89. The van der Waals surface area contributed by atoms with Crippen LogP contribution in [-0.4, -0.2) is 71.5 Å². The Morgan fingerprint density at radius 2 is 2.30 bits per heavy atom. The summed E-state index contributed by atoms with van der Waals surface area (Å²) in [6.07, 6.45) is 4.85. The Morgan fingerprint density at radius 1 is 1.41 bits per heavy atom. The van der Waals surface area contributed by atoms with Crippen molar-refractivity contribution in [1.82, 2.24) is 20.3 Å². The molecule has 0 aromatic carbocycles. The minimum atomic E-state index is -3.54. The Hall–Kier alpha value is -1.75. The molecule has 0 aliphatic carbocycles. The molecular formula is C17H29N5O4S. The van der Waals surface area contributed by atoms with Gasteiger partial charge in [-0.3, -0.25) is 9.98 Å². The summed E-state index contributed by atoms with van der Waals surface area (Å²) in [5.41, 5.74) is 0. The van der Waals surface area contributed by atoms with Gasteiger partial charge in [-0.05, 0) is 31.9 Å². The number of hydrogen-bond donors (Lipinski definition) is 3. The molecule has 1 saturated heterocycles. The number of hydrogen-bond acceptors (Lipinski definition) is 6. The first-order chi connectivity index (χ1) is 13.1. The summed E-state index contributed by atoms with van der Waals surface area (Å²) in [4.78, 5) is 8.44. The lowest BCUT2D eigenvalue weighted by Gasteiger charge is -2.12. The third kappa shape index (κ3) is 8.21. The van der Waals surface area contributed by atoms with Crippen LogP contribution in [0.15, 0.2) is 34.4 Å². The lowest BCUT2D eigenvalue weighted by atomic mass is 10.3. The summed E-state index contributed by atoms with van der Waals surface area (Å²) in [7, 11) is -3.54. The van der Waals surface area contributed by atoms with E-state index in [4.69, 9.17) is 9.47 Å². The van der Waals surface area contributed by atoms with E-state index in [1.807, 2.05) is 6.92 Å². The summed E-state index contributed by atoms with van der Waals surface area (Å²) in [5.74, 6) is 0.655. The second kappa shape index (κ2) is 11.9. The minimum absolute atomic E-state index is 0.151. The molecule has 1 unspecified atom stereocenters. The summed E-state index contributed by atoms with van der Waals surface area (Å²) in [6, 6.07) is 3.10. The van der Waals surface area contributed by atoms with Gasteiger partial charge < -0.3 is 20.1 Å². The lowest BCUT2D eigenvalue weighted by molar-refractivity contribution is 0.0424. The molecule has 27 heavy (non-hydrogen) atoms. The molecular weight excluding hydrogens is 370 g/mol. The first-order valence-electron chi connectivity index (χ1n) is 9.23. The third-order valence-electron chi connectivity index (χ3n) is 3.81. The molecule has 1 aromatic heterocycles. The molecule has 2 rings (SSSR count). The average molecular weight is 400 g/mol. The average Bonchev–Trinajstić information content (AvgIpc) is 3.19. The van der Waals surface area contributed by atoms with E-state index >= 15 is 0 Å². The second-order valence-corrected chi connectivity index (χ2v) is 7.75. The number of aliphatic imine (C=N–C) groups is 1. The van der Waals surface area contributed by atoms with Crippen LogP contribution < -0.4 is 15.4 Å². The van der Waals surface area contributed by atoms with Crippen LogP contribution in [0.1, 0.15) is 19.8 Å². The van der Waals surface area contributed by atoms with E-state index < -0.39 is 10.0 Å². The maximum Gasteiger partial charge on any atom is 0.242 e. The van der Waals surface area contributed by atoms with Gasteiger partial charge in [-0.15, -0.1) is 0 Å². The molecule has 1 fully saturated rings. The number of guanidine groups is 1. The van der Waals surface area contributed by atoms with Gasteiger partial charge in [-0.2, -0.15) is 0 Å². The van der Waals surface area contributed by atoms with E-state index in [0.717, 1.165) is 26.0 Å². The highest BCUT2D eigenvalue weighted by Crippen LogP contribution is 2.08. The highest BCUT2D eigenvalue weighted by Gasteiger charge is 2.15. The van der Waals surface area contributed by atoms with Crippen molar-refractivity contribution < 1.29 is 17.9 Å². The van der Waals surface area contributed by atoms with Gasteiger partial charge in [0.15, 0.2) is 5.96 Å². The van der Waals surface area contributed by atoms with Crippen LogP contribution in [0, 0.1) is 0 Å². The normalized spacial score (nSPS) is 17.8. The molecule has 0 saturated carbocycles. The van der Waals surface area contributed by atoms with Gasteiger partial charge in [-0.25, -0.2) is 13.1 Å². The first kappa shape index (κ1) is 21.5. The predicted molar refractivity (Wildman–Crippen MR) is 103 cm³/mol. The van der Waals surface area contributed by atoms with Crippen LogP contribution in [0.2, 0.25) is 0 Å². The van der Waals surface area contributed by atoms with Crippen LogP contribution >= 0.6 is 0 Å². The van der Waals surface area contributed by atoms with E-state index in [1.165, 1.54) is 18.5 Å². The SMILES string of the molecule is CCNC(=NCCCOC1CCOC1)NCCNS(=O)(=O)c1cccnc1. The Labute approximate surface area is 161 Å². The van der Waals surface area contributed by atoms with E-state index in [1.54, 1.807) is 6.07 Å². The molecule has 0 bridgehead atoms. The topological polar surface area (TPSA) is 114 Å². The number of nitrogens with zero attached hydrogens (tertiary/aromatic N) is 2. The van der Waals surface area contributed by atoms with Gasteiger partial charge in [0.1, 0.15) is 4.90 Å². The Kier molecular flexibility index (Phi) is 9.46. The van der Waals surface area contributed by atoms with Crippen molar-refractivity contribution in [2.45, 2.75) is 30.8 Å². The summed E-state index contributed by atoms with van der Waals surface area (Å²) in [5, 5.41) is 6.25. The van der Waals surface area contributed by atoms with Gasteiger partial charge in [0.05, 0.1) is 12.7 Å². The second-order valence-electron chi connectivity index (χ2n) is 5.98. The van der Waals surface area contributed by atoms with Crippen molar-refractivity contribution in [2.24, 2.45) is 4.99 Å². The van der Waals surface area contributed by atoms with Crippen molar-refractivity contribution in [2.75, 3.05) is 46.0 Å². The molecule has 1 aromatic rings. The molecule has 0 amide bonds. The van der Waals surface area contributed by atoms with Crippen molar-refractivity contribution in [3.05, 3.63) is 24.5 Å². The Balaban J connectivity index is 1.65. The third-order valence-corrected chi connectivity index (χ3v) is 5.26. The summed E-state index contributed by atoms with van der Waals surface area (Å²) in [6.45, 7) is 6.11. The monoisotopic (exact) mass is 399 g/mol. The fraction of sp³-hybridized carbons (Fsp3) is 0.647. The number of sulfonamides is 1. The smallest absolute Gasteiger partial charge is 0.242 e. The Morgan fingerprint density at radius 3 is 3.00 bits per heavy atom. The van der Waals surface area contributed by atoms with Gasteiger partial charge >= 0.3 is 0 Å². The zero-order valence-corrected chi connectivity index (χ0v) is 16.5. The fourth-order valence-corrected chi connectivity index (χ4v) is 3.44. The predicted octanol–water partition coefficient (Wildman–Crippen LogP) is 0.111. The quantitative estimate of drug-likeness (QED) is 0.275. The van der Waals surface area contributed by atoms with E-state index in [2.05, 4.69) is 25.3 Å². The summed E-state index contributed by atoms with van der Waals surface area (Å²) < 4.78 is 37.7. The van der Waals surface area contributed by atoms with Gasteiger partial charge in [0, 0.05) is 51.8 Å². The van der Waals surface area contributed by atoms with Crippen molar-refractivity contribution in [1.29, 1.82) is 0 Å². The van der Waals surface area contributed by atoms with Crippen LogP contribution in [0.5, 0.6) is 0 Å². The number of nitrogens with one attached hydrogen (secondary N) is 3. The lowest BCUT2D eigenvalue weighted by Crippen LogP contribution is -2.41. The fourth-order valence-electron chi connectivity index (χ4n) is 2.45. The van der Waals surface area contributed by atoms with E-state index in [9.17, 15) is 8.42 Å². The maximum atomic E-state index is 12.1. The van der Waals surface area contributed by atoms with Crippen molar-refractivity contribution in [3.63, 3.8) is 0 Å². The largest absolute Gasteiger partial charge is 0.379 e. The first-order valence-corrected chi connectivity index (χ1v) is 10.7. The number of aromatic nitrogens is 1. The van der Waals surface area contributed by atoms with Crippen LogP contribution in [-0.2, 0) is 19.5 Å². The van der Waals surface area contributed by atoms with E-state index in [-0.39, 0.29) is 17.5 Å². The standard InChI is InChI=1S/C17H29N5O4S/c1-2-19-17(20-8-4-11-26-15-6-12-25-14-15)21-9-10-22-27(23,24)16-5-3-7-18-13-16/h3,5,7,13,15,22H,2,4,6,8-12,14H2,1H3,(H2,19,20,21). The van der Waals surface area contributed by atoms with Gasteiger partial charge in [0.25, 0.3) is 0 Å². The molecule has 1 atom stereocenters.